The summed E-state index contributed by atoms with van der Waals surface area (Å²) in [5.74, 6) is 0.459. The highest BCUT2D eigenvalue weighted by atomic mass is 16.6. The standard InChI is InChI=1S/C9H12N2O4/c1-15-9-3-2-7(5-10-9)4-8(6-12)11(13)14/h2-3,5,8,12H,4,6H2,1H3. The Morgan fingerprint density at radius 2 is 2.40 bits per heavy atom. The minimum absolute atomic E-state index is 0.167. The lowest BCUT2D eigenvalue weighted by Crippen LogP contribution is -2.26. The van der Waals surface area contributed by atoms with Crippen LogP contribution in [0.25, 0.3) is 0 Å². The minimum Gasteiger partial charge on any atom is -0.481 e. The first-order valence-corrected chi connectivity index (χ1v) is 4.40. The van der Waals surface area contributed by atoms with Crippen molar-refractivity contribution in [1.82, 2.24) is 4.98 Å². The molecule has 0 aliphatic rings. The van der Waals surface area contributed by atoms with Crippen molar-refractivity contribution in [2.75, 3.05) is 13.7 Å². The Hall–Kier alpha value is -1.69. The first-order chi connectivity index (χ1) is 7.17. The number of nitro groups is 1. The van der Waals surface area contributed by atoms with Crippen molar-refractivity contribution in [1.29, 1.82) is 0 Å². The van der Waals surface area contributed by atoms with Crippen molar-refractivity contribution in [2.45, 2.75) is 12.5 Å². The minimum atomic E-state index is -0.972. The van der Waals surface area contributed by atoms with E-state index in [0.29, 0.717) is 11.4 Å². The largest absolute Gasteiger partial charge is 0.481 e. The smallest absolute Gasteiger partial charge is 0.239 e. The van der Waals surface area contributed by atoms with Crippen LogP contribution in [0.4, 0.5) is 0 Å². The van der Waals surface area contributed by atoms with Gasteiger partial charge in [-0.2, -0.15) is 0 Å². The average Bonchev–Trinajstić information content (AvgIpc) is 2.26. The number of nitrogens with zero attached hydrogens (tertiary/aromatic N) is 2. The van der Waals surface area contributed by atoms with Crippen molar-refractivity contribution in [3.05, 3.63) is 34.0 Å². The van der Waals surface area contributed by atoms with Crippen LogP contribution in [0.2, 0.25) is 0 Å². The van der Waals surface area contributed by atoms with Gasteiger partial charge in [0.2, 0.25) is 11.9 Å². The van der Waals surface area contributed by atoms with Crippen LogP contribution >= 0.6 is 0 Å². The molecule has 0 spiro atoms. The monoisotopic (exact) mass is 212 g/mol. The van der Waals surface area contributed by atoms with E-state index in [1.165, 1.54) is 13.3 Å². The summed E-state index contributed by atoms with van der Waals surface area (Å²) in [6, 6.07) is 2.35. The van der Waals surface area contributed by atoms with Crippen molar-refractivity contribution < 1.29 is 14.8 Å². The third-order valence-electron chi connectivity index (χ3n) is 1.99. The summed E-state index contributed by atoms with van der Waals surface area (Å²) in [4.78, 5) is 13.9. The summed E-state index contributed by atoms with van der Waals surface area (Å²) in [6.45, 7) is -0.473. The van der Waals surface area contributed by atoms with E-state index >= 15 is 0 Å². The van der Waals surface area contributed by atoms with Crippen LogP contribution < -0.4 is 4.74 Å². The molecule has 1 rings (SSSR count). The Labute approximate surface area is 86.7 Å². The van der Waals surface area contributed by atoms with Gasteiger partial charge in [-0.1, -0.05) is 6.07 Å². The van der Waals surface area contributed by atoms with E-state index < -0.39 is 17.6 Å². The normalized spacial score (nSPS) is 12.1. The topological polar surface area (TPSA) is 85.5 Å². The Morgan fingerprint density at radius 1 is 1.67 bits per heavy atom. The van der Waals surface area contributed by atoms with Crippen LogP contribution in [0.5, 0.6) is 5.88 Å². The lowest BCUT2D eigenvalue weighted by molar-refractivity contribution is -0.525. The quantitative estimate of drug-likeness (QED) is 0.559. The van der Waals surface area contributed by atoms with E-state index in [9.17, 15) is 10.1 Å². The predicted molar refractivity (Wildman–Crippen MR) is 52.4 cm³/mol. The zero-order valence-corrected chi connectivity index (χ0v) is 8.29. The number of hydrogen-bond donors (Lipinski definition) is 1. The van der Waals surface area contributed by atoms with E-state index in [4.69, 9.17) is 9.84 Å². The van der Waals surface area contributed by atoms with E-state index in [0.717, 1.165) is 0 Å². The maximum absolute atomic E-state index is 10.5. The average molecular weight is 212 g/mol. The van der Waals surface area contributed by atoms with Crippen LogP contribution in [-0.4, -0.2) is 34.8 Å². The van der Waals surface area contributed by atoms with Gasteiger partial charge < -0.3 is 9.84 Å². The first-order valence-electron chi connectivity index (χ1n) is 4.40. The predicted octanol–water partition coefficient (Wildman–Crippen LogP) is 0.270. The van der Waals surface area contributed by atoms with Crippen molar-refractivity contribution in [3.63, 3.8) is 0 Å². The molecule has 1 aromatic rings. The van der Waals surface area contributed by atoms with Crippen LogP contribution in [0, 0.1) is 10.1 Å². The Bertz CT molecular complexity index is 325. The van der Waals surface area contributed by atoms with E-state index in [2.05, 4.69) is 4.98 Å². The molecule has 0 aliphatic carbocycles. The summed E-state index contributed by atoms with van der Waals surface area (Å²) in [5.41, 5.74) is 0.701. The molecule has 1 unspecified atom stereocenters. The Balaban J connectivity index is 2.67. The Morgan fingerprint density at radius 3 is 2.80 bits per heavy atom. The fraction of sp³-hybridized carbons (Fsp3) is 0.444. The Kier molecular flexibility index (Phi) is 3.99. The highest BCUT2D eigenvalue weighted by Gasteiger charge is 2.19. The molecule has 0 amide bonds. The van der Waals surface area contributed by atoms with Crippen molar-refractivity contribution in [2.24, 2.45) is 0 Å². The van der Waals surface area contributed by atoms with Crippen LogP contribution in [0.15, 0.2) is 18.3 Å². The molecule has 15 heavy (non-hydrogen) atoms. The lowest BCUT2D eigenvalue weighted by atomic mass is 10.1. The van der Waals surface area contributed by atoms with Gasteiger partial charge in [0.1, 0.15) is 6.61 Å². The van der Waals surface area contributed by atoms with Crippen LogP contribution in [-0.2, 0) is 6.42 Å². The van der Waals surface area contributed by atoms with Crippen LogP contribution in [0.1, 0.15) is 5.56 Å². The number of rotatable bonds is 5. The van der Waals surface area contributed by atoms with Gasteiger partial charge in [-0.3, -0.25) is 10.1 Å². The molecule has 1 aromatic heterocycles. The molecular weight excluding hydrogens is 200 g/mol. The summed E-state index contributed by atoms with van der Waals surface area (Å²) in [5, 5.41) is 19.2. The maximum Gasteiger partial charge on any atom is 0.239 e. The highest BCUT2D eigenvalue weighted by molar-refractivity contribution is 5.18. The molecule has 0 radical (unpaired) electrons. The first kappa shape index (κ1) is 11.4. The molecule has 0 aliphatic heterocycles. The van der Waals surface area contributed by atoms with Crippen LogP contribution in [0.3, 0.4) is 0 Å². The second kappa shape index (κ2) is 5.26. The second-order valence-corrected chi connectivity index (χ2v) is 3.03. The number of hydrogen-bond acceptors (Lipinski definition) is 5. The number of ether oxygens (including phenoxy) is 1. The second-order valence-electron chi connectivity index (χ2n) is 3.03. The summed E-state index contributed by atoms with van der Waals surface area (Å²) < 4.78 is 4.85. The molecule has 0 bridgehead atoms. The molecule has 82 valence electrons. The van der Waals surface area contributed by atoms with Gasteiger partial charge in [-0.15, -0.1) is 0 Å². The highest BCUT2D eigenvalue weighted by Crippen LogP contribution is 2.09. The number of aliphatic hydroxyl groups is 1. The summed E-state index contributed by atoms with van der Waals surface area (Å²) in [6.07, 6.45) is 1.67. The van der Waals surface area contributed by atoms with Gasteiger partial charge >= 0.3 is 0 Å². The van der Waals surface area contributed by atoms with E-state index in [1.54, 1.807) is 12.1 Å². The summed E-state index contributed by atoms with van der Waals surface area (Å²) >= 11 is 0. The maximum atomic E-state index is 10.5. The molecule has 1 atom stereocenters. The number of aliphatic hydroxyl groups excluding tert-OH is 1. The molecule has 6 heteroatoms. The van der Waals surface area contributed by atoms with E-state index in [1.807, 2.05) is 0 Å². The van der Waals surface area contributed by atoms with Gasteiger partial charge in [-0.05, 0) is 5.56 Å². The van der Waals surface area contributed by atoms with Crippen molar-refractivity contribution >= 4 is 0 Å². The molecule has 0 saturated heterocycles. The molecule has 1 N–H and O–H groups in total. The number of aromatic nitrogens is 1. The molecule has 6 nitrogen and oxygen atoms in total. The SMILES string of the molecule is COc1ccc(CC(CO)[N+](=O)[O-])cn1. The van der Waals surface area contributed by atoms with Crippen molar-refractivity contribution in [3.8, 4) is 5.88 Å². The molecular formula is C9H12N2O4. The number of methoxy groups -OCH3 is 1. The molecule has 1 heterocycles. The summed E-state index contributed by atoms with van der Waals surface area (Å²) in [7, 11) is 1.50. The van der Waals surface area contributed by atoms with Gasteiger partial charge in [-0.25, -0.2) is 4.98 Å². The van der Waals surface area contributed by atoms with Gasteiger partial charge in [0.25, 0.3) is 0 Å². The van der Waals surface area contributed by atoms with Gasteiger partial charge in [0.05, 0.1) is 7.11 Å². The third kappa shape index (κ3) is 3.17. The molecule has 0 saturated carbocycles. The third-order valence-corrected chi connectivity index (χ3v) is 1.99. The van der Waals surface area contributed by atoms with E-state index in [-0.39, 0.29) is 6.42 Å². The lowest BCUT2D eigenvalue weighted by Gasteiger charge is -2.06. The van der Waals surface area contributed by atoms with Gasteiger partial charge in [0.15, 0.2) is 0 Å². The fourth-order valence-electron chi connectivity index (χ4n) is 1.13. The van der Waals surface area contributed by atoms with Gasteiger partial charge in [0, 0.05) is 23.6 Å². The fourth-order valence-corrected chi connectivity index (χ4v) is 1.13. The zero-order valence-electron chi connectivity index (χ0n) is 8.29. The number of pyridine rings is 1. The molecule has 0 fully saturated rings. The molecule has 0 aromatic carbocycles. The zero-order chi connectivity index (χ0) is 11.3.